The predicted molar refractivity (Wildman–Crippen MR) is 108 cm³/mol. The van der Waals surface area contributed by atoms with Gasteiger partial charge in [-0.25, -0.2) is 4.98 Å². The molecule has 3 aromatic rings. The van der Waals surface area contributed by atoms with Crippen molar-refractivity contribution >= 4 is 34.6 Å². The summed E-state index contributed by atoms with van der Waals surface area (Å²) in [5.41, 5.74) is 3.66. The second kappa shape index (κ2) is 9.43. The van der Waals surface area contributed by atoms with E-state index in [1.165, 1.54) is 28.2 Å². The van der Waals surface area contributed by atoms with Crippen LogP contribution >= 0.6 is 22.7 Å². The lowest BCUT2D eigenvalue weighted by Crippen LogP contribution is -2.24. The zero-order chi connectivity index (χ0) is 19.1. The van der Waals surface area contributed by atoms with Crippen LogP contribution in [0.25, 0.3) is 10.6 Å². The van der Waals surface area contributed by atoms with E-state index >= 15 is 0 Å². The van der Waals surface area contributed by atoms with E-state index in [1.54, 1.807) is 11.4 Å². The van der Waals surface area contributed by atoms with Gasteiger partial charge in [0, 0.05) is 34.9 Å². The van der Waals surface area contributed by atoms with Gasteiger partial charge in [-0.05, 0) is 24.8 Å². The van der Waals surface area contributed by atoms with Crippen molar-refractivity contribution in [1.82, 2.24) is 10.3 Å². The molecular formula is C20H20N2O3S2. The minimum absolute atomic E-state index is 0.115. The van der Waals surface area contributed by atoms with Crippen molar-refractivity contribution in [2.45, 2.75) is 26.4 Å². The maximum Gasteiger partial charge on any atom is 0.306 e. The monoisotopic (exact) mass is 400 g/mol. The van der Waals surface area contributed by atoms with Gasteiger partial charge in [0.2, 0.25) is 0 Å². The summed E-state index contributed by atoms with van der Waals surface area (Å²) in [4.78, 5) is 28.1. The number of aromatic nitrogens is 1. The molecular weight excluding hydrogens is 380 g/mol. The summed E-state index contributed by atoms with van der Waals surface area (Å²) in [7, 11) is 0. The van der Waals surface area contributed by atoms with Crippen LogP contribution in [0.2, 0.25) is 0 Å². The number of hydrogen-bond donors (Lipinski definition) is 1. The van der Waals surface area contributed by atoms with E-state index in [9.17, 15) is 9.59 Å². The molecule has 3 rings (SSSR count). The molecule has 2 aromatic heterocycles. The van der Waals surface area contributed by atoms with Crippen LogP contribution in [0.5, 0.6) is 0 Å². The van der Waals surface area contributed by atoms with E-state index in [4.69, 9.17) is 4.74 Å². The maximum absolute atomic E-state index is 11.8. The average molecular weight is 401 g/mol. The molecule has 1 amide bonds. The number of rotatable bonds is 8. The van der Waals surface area contributed by atoms with Gasteiger partial charge >= 0.3 is 5.97 Å². The quantitative estimate of drug-likeness (QED) is 0.448. The fourth-order valence-electron chi connectivity index (χ4n) is 2.36. The molecule has 140 valence electrons. The number of amides is 1. The summed E-state index contributed by atoms with van der Waals surface area (Å²) in [6.07, 6.45) is 0.805. The molecule has 0 spiro atoms. The Morgan fingerprint density at radius 1 is 1.15 bits per heavy atom. The minimum Gasteiger partial charge on any atom is -0.459 e. The Morgan fingerprint density at radius 3 is 2.70 bits per heavy atom. The van der Waals surface area contributed by atoms with Crippen LogP contribution in [0, 0.1) is 6.92 Å². The van der Waals surface area contributed by atoms with Gasteiger partial charge < -0.3 is 10.1 Å². The smallest absolute Gasteiger partial charge is 0.306 e. The maximum atomic E-state index is 11.8. The molecule has 0 unspecified atom stereocenters. The summed E-state index contributed by atoms with van der Waals surface area (Å²) < 4.78 is 5.27. The van der Waals surface area contributed by atoms with Crippen molar-refractivity contribution < 1.29 is 14.3 Å². The summed E-state index contributed by atoms with van der Waals surface area (Å²) in [6, 6.07) is 9.94. The molecule has 1 aromatic carbocycles. The number of nitrogens with one attached hydrogen (secondary N) is 1. The molecule has 0 atom stereocenters. The van der Waals surface area contributed by atoms with E-state index in [0.29, 0.717) is 18.5 Å². The lowest BCUT2D eigenvalue weighted by Gasteiger charge is -2.04. The SMILES string of the molecule is Cc1ccc(-c2nc(COC(=O)CCCNC(=O)c3ccsc3)cs2)cc1. The Labute approximate surface area is 166 Å². The van der Waals surface area contributed by atoms with Gasteiger partial charge in [0.15, 0.2) is 0 Å². The summed E-state index contributed by atoms with van der Waals surface area (Å²) in [5.74, 6) is -0.402. The third kappa shape index (κ3) is 5.74. The van der Waals surface area contributed by atoms with Gasteiger partial charge in [0.25, 0.3) is 5.91 Å². The molecule has 7 heteroatoms. The number of benzene rings is 1. The number of thiazole rings is 1. The Hall–Kier alpha value is -2.51. The molecule has 27 heavy (non-hydrogen) atoms. The summed E-state index contributed by atoms with van der Waals surface area (Å²) in [5, 5.41) is 9.26. The van der Waals surface area contributed by atoms with Gasteiger partial charge in [0.1, 0.15) is 11.6 Å². The van der Waals surface area contributed by atoms with Crippen LogP contribution in [-0.4, -0.2) is 23.4 Å². The van der Waals surface area contributed by atoms with E-state index in [-0.39, 0.29) is 24.9 Å². The van der Waals surface area contributed by atoms with Crippen molar-refractivity contribution in [1.29, 1.82) is 0 Å². The third-order valence-corrected chi connectivity index (χ3v) is 5.48. The van der Waals surface area contributed by atoms with Crippen molar-refractivity contribution in [2.75, 3.05) is 6.54 Å². The molecule has 0 bridgehead atoms. The van der Waals surface area contributed by atoms with E-state index in [2.05, 4.69) is 10.3 Å². The predicted octanol–water partition coefficient (Wildman–Crippen LogP) is 4.43. The Morgan fingerprint density at radius 2 is 1.96 bits per heavy atom. The highest BCUT2D eigenvalue weighted by atomic mass is 32.1. The fraction of sp³-hybridized carbons (Fsp3) is 0.250. The van der Waals surface area contributed by atoms with E-state index in [1.807, 2.05) is 41.9 Å². The second-order valence-corrected chi connectivity index (χ2v) is 7.68. The van der Waals surface area contributed by atoms with Crippen molar-refractivity contribution in [3.05, 3.63) is 63.3 Å². The van der Waals surface area contributed by atoms with Crippen LogP contribution in [0.4, 0.5) is 0 Å². The topological polar surface area (TPSA) is 68.3 Å². The van der Waals surface area contributed by atoms with E-state index in [0.717, 1.165) is 16.3 Å². The van der Waals surface area contributed by atoms with Crippen LogP contribution in [-0.2, 0) is 16.1 Å². The summed E-state index contributed by atoms with van der Waals surface area (Å²) >= 11 is 3.01. The largest absolute Gasteiger partial charge is 0.459 e. The Kier molecular flexibility index (Phi) is 6.73. The second-order valence-electron chi connectivity index (χ2n) is 6.04. The molecule has 0 fully saturated rings. The lowest BCUT2D eigenvalue weighted by atomic mass is 10.2. The van der Waals surface area contributed by atoms with Crippen LogP contribution in [0.15, 0.2) is 46.5 Å². The summed E-state index contributed by atoms with van der Waals surface area (Å²) in [6.45, 7) is 2.66. The van der Waals surface area contributed by atoms with Crippen molar-refractivity contribution in [3.63, 3.8) is 0 Å². The zero-order valence-electron chi connectivity index (χ0n) is 14.9. The zero-order valence-corrected chi connectivity index (χ0v) is 16.6. The molecule has 5 nitrogen and oxygen atoms in total. The average Bonchev–Trinajstić information content (AvgIpc) is 3.36. The molecule has 0 saturated heterocycles. The first-order valence-corrected chi connectivity index (χ1v) is 10.4. The number of hydrogen-bond acceptors (Lipinski definition) is 6. The normalized spacial score (nSPS) is 10.6. The number of esters is 1. The van der Waals surface area contributed by atoms with E-state index < -0.39 is 0 Å². The molecule has 0 radical (unpaired) electrons. The molecule has 0 aliphatic rings. The van der Waals surface area contributed by atoms with Crippen LogP contribution < -0.4 is 5.32 Å². The Balaban J connectivity index is 1.37. The third-order valence-electron chi connectivity index (χ3n) is 3.86. The van der Waals surface area contributed by atoms with Gasteiger partial charge in [-0.2, -0.15) is 11.3 Å². The van der Waals surface area contributed by atoms with Crippen molar-refractivity contribution in [2.24, 2.45) is 0 Å². The first kappa shape index (κ1) is 19.3. The first-order valence-electron chi connectivity index (χ1n) is 8.59. The molecule has 0 aliphatic heterocycles. The standard InChI is InChI=1S/C20H20N2O3S2/c1-14-4-6-15(7-5-14)20-22-17(13-27-20)11-25-18(23)3-2-9-21-19(24)16-8-10-26-12-16/h4-8,10,12-13H,2-3,9,11H2,1H3,(H,21,24). The highest BCUT2D eigenvalue weighted by Crippen LogP contribution is 2.24. The highest BCUT2D eigenvalue weighted by molar-refractivity contribution is 7.13. The lowest BCUT2D eigenvalue weighted by molar-refractivity contribution is -0.145. The number of ether oxygens (including phenoxy) is 1. The number of carbonyl (C=O) groups excluding carboxylic acids is 2. The number of thiophene rings is 1. The fourth-order valence-corrected chi connectivity index (χ4v) is 3.81. The van der Waals surface area contributed by atoms with Gasteiger partial charge in [-0.15, -0.1) is 11.3 Å². The molecule has 0 saturated carbocycles. The van der Waals surface area contributed by atoms with Gasteiger partial charge in [-0.3, -0.25) is 9.59 Å². The molecule has 0 aliphatic carbocycles. The van der Waals surface area contributed by atoms with Crippen LogP contribution in [0.3, 0.4) is 0 Å². The number of nitrogens with zero attached hydrogens (tertiary/aromatic N) is 1. The van der Waals surface area contributed by atoms with Crippen molar-refractivity contribution in [3.8, 4) is 10.6 Å². The van der Waals surface area contributed by atoms with Gasteiger partial charge in [-0.1, -0.05) is 29.8 Å². The van der Waals surface area contributed by atoms with Gasteiger partial charge in [0.05, 0.1) is 5.69 Å². The highest BCUT2D eigenvalue weighted by Gasteiger charge is 2.09. The van der Waals surface area contributed by atoms with Crippen LogP contribution in [0.1, 0.15) is 34.5 Å². The minimum atomic E-state index is -0.287. The first-order chi connectivity index (χ1) is 13.1. The molecule has 2 heterocycles. The Bertz CT molecular complexity index is 886. The molecule has 1 N–H and O–H groups in total. The number of aryl methyl sites for hydroxylation is 1. The number of carbonyl (C=O) groups is 2.